The Balaban J connectivity index is 1.89. The summed E-state index contributed by atoms with van der Waals surface area (Å²) in [7, 11) is 3.22. The molecule has 1 aromatic heterocycles. The molecule has 0 saturated heterocycles. The molecule has 0 radical (unpaired) electrons. The summed E-state index contributed by atoms with van der Waals surface area (Å²) in [5.74, 6) is 1.34. The van der Waals surface area contributed by atoms with Gasteiger partial charge in [-0.15, -0.1) is 16.4 Å². The first-order chi connectivity index (χ1) is 13.2. The number of halogens is 1. The van der Waals surface area contributed by atoms with Gasteiger partial charge in [0.1, 0.15) is 0 Å². The van der Waals surface area contributed by atoms with Crippen LogP contribution < -0.4 is 14.3 Å². The lowest BCUT2D eigenvalue weighted by Gasteiger charge is -2.07. The molecule has 0 aliphatic rings. The van der Waals surface area contributed by atoms with E-state index in [4.69, 9.17) is 21.1 Å². The monoisotopic (exact) mass is 401 g/mol. The number of rotatable bonds is 6. The van der Waals surface area contributed by atoms with Crippen LogP contribution in [0.1, 0.15) is 12.5 Å². The second kappa shape index (κ2) is 8.88. The van der Waals surface area contributed by atoms with Gasteiger partial charge in [0, 0.05) is 16.9 Å². The van der Waals surface area contributed by atoms with Gasteiger partial charge in [-0.2, -0.15) is 5.10 Å². The zero-order chi connectivity index (χ0) is 19.2. The molecule has 1 heterocycles. The molecule has 0 spiro atoms. The first-order valence-electron chi connectivity index (χ1n) is 8.39. The first-order valence-corrected chi connectivity index (χ1v) is 9.65. The summed E-state index contributed by atoms with van der Waals surface area (Å²) in [5, 5.41) is 11.4. The average molecular weight is 402 g/mol. The van der Waals surface area contributed by atoms with E-state index in [1.165, 1.54) is 0 Å². The van der Waals surface area contributed by atoms with E-state index in [1.807, 2.05) is 42.5 Å². The van der Waals surface area contributed by atoms with Crippen LogP contribution in [-0.4, -0.2) is 25.0 Å². The van der Waals surface area contributed by atoms with Crippen molar-refractivity contribution in [1.82, 2.24) is 4.57 Å². The van der Waals surface area contributed by atoms with Gasteiger partial charge in [-0.1, -0.05) is 23.7 Å². The lowest BCUT2D eigenvalue weighted by atomic mass is 10.2. The average Bonchev–Trinajstić information content (AvgIpc) is 3.11. The van der Waals surface area contributed by atoms with Gasteiger partial charge in [0.25, 0.3) is 0 Å². The molecule has 0 aliphatic carbocycles. The van der Waals surface area contributed by atoms with Gasteiger partial charge < -0.3 is 14.0 Å². The molecule has 2 aromatic carbocycles. The summed E-state index contributed by atoms with van der Waals surface area (Å²) in [6, 6.07) is 13.4. The summed E-state index contributed by atoms with van der Waals surface area (Å²) in [4.78, 5) is 0.833. The maximum Gasteiger partial charge on any atom is 0.211 e. The largest absolute Gasteiger partial charge is 0.493 e. The molecule has 7 heteroatoms. The van der Waals surface area contributed by atoms with Crippen LogP contribution >= 0.6 is 22.9 Å². The van der Waals surface area contributed by atoms with Crippen LogP contribution in [0.25, 0.3) is 11.3 Å². The first kappa shape index (κ1) is 19.2. The predicted octanol–water partition coefficient (Wildman–Crippen LogP) is 4.84. The second-order valence-electron chi connectivity index (χ2n) is 5.61. The molecule has 3 aromatic rings. The highest BCUT2D eigenvalue weighted by Gasteiger charge is 2.06. The highest BCUT2D eigenvalue weighted by molar-refractivity contribution is 7.07. The fourth-order valence-corrected chi connectivity index (χ4v) is 3.70. The second-order valence-corrected chi connectivity index (χ2v) is 6.89. The number of aromatic nitrogens is 1. The molecular formula is C20H20ClN3O2S. The Kier molecular flexibility index (Phi) is 6.32. The Morgan fingerprint density at radius 1 is 1.07 bits per heavy atom. The molecule has 0 aliphatic heterocycles. The normalized spacial score (nSPS) is 11.9. The van der Waals surface area contributed by atoms with Gasteiger partial charge in [0.2, 0.25) is 4.80 Å². The van der Waals surface area contributed by atoms with Crippen molar-refractivity contribution in [3.05, 3.63) is 63.2 Å². The van der Waals surface area contributed by atoms with Crippen LogP contribution in [0.3, 0.4) is 0 Å². The molecule has 0 saturated carbocycles. The van der Waals surface area contributed by atoms with Crippen LogP contribution in [0.2, 0.25) is 5.02 Å². The van der Waals surface area contributed by atoms with Gasteiger partial charge in [0.05, 0.1) is 26.1 Å². The highest BCUT2D eigenvalue weighted by atomic mass is 35.5. The molecule has 5 nitrogen and oxygen atoms in total. The van der Waals surface area contributed by atoms with E-state index >= 15 is 0 Å². The van der Waals surface area contributed by atoms with Crippen molar-refractivity contribution in [3.8, 4) is 22.8 Å². The minimum absolute atomic E-state index is 0.659. The SMILES string of the molecule is CCn1c(-c2ccc(Cl)cc2)cs/c1=N\N=C/c1ccc(OC)c(OC)c1. The lowest BCUT2D eigenvalue weighted by molar-refractivity contribution is 0.355. The minimum Gasteiger partial charge on any atom is -0.493 e. The molecule has 0 atom stereocenters. The van der Waals surface area contributed by atoms with Crippen molar-refractivity contribution in [1.29, 1.82) is 0 Å². The van der Waals surface area contributed by atoms with Gasteiger partial charge in [-0.3, -0.25) is 0 Å². The summed E-state index contributed by atoms with van der Waals surface area (Å²) in [5.41, 5.74) is 3.08. The van der Waals surface area contributed by atoms with Crippen molar-refractivity contribution in [2.75, 3.05) is 14.2 Å². The molecular weight excluding hydrogens is 382 g/mol. The van der Waals surface area contributed by atoms with E-state index in [9.17, 15) is 0 Å². The van der Waals surface area contributed by atoms with E-state index in [0.29, 0.717) is 11.5 Å². The number of benzene rings is 2. The Labute approximate surface area is 167 Å². The molecule has 3 rings (SSSR count). The van der Waals surface area contributed by atoms with E-state index in [2.05, 4.69) is 27.1 Å². The molecule has 0 N–H and O–H groups in total. The molecule has 0 bridgehead atoms. The van der Waals surface area contributed by atoms with Crippen LogP contribution in [0.5, 0.6) is 11.5 Å². The topological polar surface area (TPSA) is 48.1 Å². The lowest BCUT2D eigenvalue weighted by Crippen LogP contribution is -2.14. The Morgan fingerprint density at radius 3 is 2.48 bits per heavy atom. The van der Waals surface area contributed by atoms with E-state index < -0.39 is 0 Å². The van der Waals surface area contributed by atoms with Gasteiger partial charge in [-0.05, 0) is 48.4 Å². The molecule has 0 amide bonds. The summed E-state index contributed by atoms with van der Waals surface area (Å²) < 4.78 is 12.7. The third-order valence-corrected chi connectivity index (χ3v) is 5.12. The molecule has 0 unspecified atom stereocenters. The van der Waals surface area contributed by atoms with Gasteiger partial charge in [-0.25, -0.2) is 0 Å². The highest BCUT2D eigenvalue weighted by Crippen LogP contribution is 2.27. The zero-order valence-electron chi connectivity index (χ0n) is 15.3. The van der Waals surface area contributed by atoms with E-state index in [0.717, 1.165) is 33.2 Å². The van der Waals surface area contributed by atoms with E-state index in [-0.39, 0.29) is 0 Å². The number of nitrogens with zero attached hydrogens (tertiary/aromatic N) is 3. The van der Waals surface area contributed by atoms with E-state index in [1.54, 1.807) is 31.8 Å². The van der Waals surface area contributed by atoms with Crippen molar-refractivity contribution in [2.45, 2.75) is 13.5 Å². The maximum absolute atomic E-state index is 5.99. The van der Waals surface area contributed by atoms with Gasteiger partial charge in [0.15, 0.2) is 11.5 Å². The summed E-state index contributed by atoms with van der Waals surface area (Å²) in [6.45, 7) is 2.88. The van der Waals surface area contributed by atoms with Crippen molar-refractivity contribution in [2.24, 2.45) is 10.2 Å². The van der Waals surface area contributed by atoms with Crippen LogP contribution in [0.4, 0.5) is 0 Å². The smallest absolute Gasteiger partial charge is 0.211 e. The Morgan fingerprint density at radius 2 is 1.81 bits per heavy atom. The third-order valence-electron chi connectivity index (χ3n) is 4.01. The standard InChI is InChI=1S/C20H20ClN3O2S/c1-4-24-17(15-6-8-16(21)9-7-15)13-27-20(24)23-22-12-14-5-10-18(25-2)19(11-14)26-3/h5-13H,4H2,1-3H3/b22-12-,23-20-. The number of thiazole rings is 1. The van der Waals surface area contributed by atoms with Crippen molar-refractivity contribution < 1.29 is 9.47 Å². The molecule has 140 valence electrons. The van der Waals surface area contributed by atoms with Crippen molar-refractivity contribution >= 4 is 29.2 Å². The Bertz CT molecular complexity index is 1010. The third kappa shape index (κ3) is 4.40. The zero-order valence-corrected chi connectivity index (χ0v) is 16.9. The number of hydrogen-bond acceptors (Lipinski definition) is 5. The number of ether oxygens (including phenoxy) is 2. The quantitative estimate of drug-likeness (QED) is 0.438. The Hall–Kier alpha value is -2.57. The van der Waals surface area contributed by atoms with Crippen LogP contribution in [0, 0.1) is 0 Å². The van der Waals surface area contributed by atoms with Crippen LogP contribution in [-0.2, 0) is 6.54 Å². The fourth-order valence-electron chi connectivity index (χ4n) is 2.64. The van der Waals surface area contributed by atoms with Gasteiger partial charge >= 0.3 is 0 Å². The van der Waals surface area contributed by atoms with Crippen molar-refractivity contribution in [3.63, 3.8) is 0 Å². The molecule has 0 fully saturated rings. The summed E-state index contributed by atoms with van der Waals surface area (Å²) >= 11 is 7.54. The number of hydrogen-bond donors (Lipinski definition) is 0. The predicted molar refractivity (Wildman–Crippen MR) is 111 cm³/mol. The van der Waals surface area contributed by atoms with Crippen LogP contribution in [0.15, 0.2) is 58.0 Å². The fraction of sp³-hybridized carbons (Fsp3) is 0.200. The number of methoxy groups -OCH3 is 2. The maximum atomic E-state index is 5.99. The summed E-state index contributed by atoms with van der Waals surface area (Å²) in [6.07, 6.45) is 1.70. The minimum atomic E-state index is 0.659. The molecule has 27 heavy (non-hydrogen) atoms.